The molecule has 0 bridgehead atoms. The molecule has 0 amide bonds. The first-order valence-electron chi connectivity index (χ1n) is 3.50. The zero-order valence-electron chi connectivity index (χ0n) is 7.26. The Balaban J connectivity index is 4.28. The Morgan fingerprint density at radius 3 is 2.67 bits per heavy atom. The minimum absolute atomic E-state index is 0.0231. The first-order chi connectivity index (χ1) is 5.60. The van der Waals surface area contributed by atoms with Crippen molar-refractivity contribution in [3.8, 4) is 0 Å². The monoisotopic (exact) mass is 170 g/mol. The van der Waals surface area contributed by atoms with E-state index in [4.69, 9.17) is 16.4 Å². The highest BCUT2D eigenvalue weighted by Gasteiger charge is 1.97. The first kappa shape index (κ1) is 10.5. The first-order valence-corrected chi connectivity index (χ1v) is 3.50. The van der Waals surface area contributed by atoms with E-state index in [0.29, 0.717) is 12.1 Å². The van der Waals surface area contributed by atoms with Crippen LogP contribution in [0.2, 0.25) is 0 Å². The van der Waals surface area contributed by atoms with Crippen LogP contribution in [0.25, 0.3) is 0 Å². The van der Waals surface area contributed by atoms with Crippen molar-refractivity contribution >= 4 is 11.5 Å². The number of nitrogens with one attached hydrogen (secondary N) is 2. The number of amidine groups is 1. The average Bonchev–Trinajstić information content (AvgIpc) is 2.02. The van der Waals surface area contributed by atoms with Crippen LogP contribution in [0.1, 0.15) is 13.3 Å². The number of nitrogens with two attached hydrogens (primary N) is 1. The number of hydrogen-bond donors (Lipinski definition) is 4. The minimum atomic E-state index is -0.0231. The molecule has 0 saturated carbocycles. The van der Waals surface area contributed by atoms with Gasteiger partial charge in [0.25, 0.3) is 0 Å². The molecule has 0 aromatic heterocycles. The van der Waals surface area contributed by atoms with Crippen molar-refractivity contribution in [3.63, 3.8) is 0 Å². The van der Waals surface area contributed by atoms with Gasteiger partial charge in [-0.15, -0.1) is 0 Å². The highest BCUT2D eigenvalue weighted by molar-refractivity contribution is 5.91. The molecule has 0 atom stereocenters. The number of hydrogen-bond acceptors (Lipinski definition) is 4. The number of nitrogens with zero attached hydrogens (tertiary/aromatic N) is 1. The number of oxime groups is 1. The maximum atomic E-state index is 8.36. The van der Waals surface area contributed by atoms with Gasteiger partial charge < -0.3 is 16.3 Å². The Morgan fingerprint density at radius 1 is 1.75 bits per heavy atom. The number of allylic oxidation sites excluding steroid dienone is 1. The summed E-state index contributed by atoms with van der Waals surface area (Å²) in [7, 11) is 1.72. The van der Waals surface area contributed by atoms with Crippen LogP contribution in [0, 0.1) is 5.41 Å². The Bertz CT molecular complexity index is 219. The molecule has 12 heavy (non-hydrogen) atoms. The van der Waals surface area contributed by atoms with E-state index in [1.165, 1.54) is 6.08 Å². The van der Waals surface area contributed by atoms with Gasteiger partial charge in [0.1, 0.15) is 5.84 Å². The highest BCUT2D eigenvalue weighted by atomic mass is 16.4. The maximum absolute atomic E-state index is 8.36. The van der Waals surface area contributed by atoms with Crippen molar-refractivity contribution in [2.24, 2.45) is 10.9 Å². The Labute approximate surface area is 71.5 Å². The SMILES string of the molecule is CNC(=CC(=N)N)C/C(C)=N\O. The van der Waals surface area contributed by atoms with Crippen molar-refractivity contribution in [2.45, 2.75) is 13.3 Å². The molecule has 0 aliphatic carbocycles. The molecular weight excluding hydrogens is 156 g/mol. The molecule has 0 rings (SSSR count). The van der Waals surface area contributed by atoms with Gasteiger partial charge in [-0.2, -0.15) is 0 Å². The highest BCUT2D eigenvalue weighted by Crippen LogP contribution is 1.97. The second kappa shape index (κ2) is 5.17. The summed E-state index contributed by atoms with van der Waals surface area (Å²) in [5.74, 6) is -0.0231. The normalized spacial score (nSPS) is 12.8. The zero-order chi connectivity index (χ0) is 9.56. The largest absolute Gasteiger partial charge is 0.411 e. The quantitative estimate of drug-likeness (QED) is 0.211. The predicted octanol–water partition coefficient (Wildman–Crippen LogP) is 0.266. The lowest BCUT2D eigenvalue weighted by Crippen LogP contribution is -2.14. The molecule has 0 spiro atoms. The smallest absolute Gasteiger partial charge is 0.117 e. The van der Waals surface area contributed by atoms with Crippen molar-refractivity contribution in [1.82, 2.24) is 5.32 Å². The van der Waals surface area contributed by atoms with Crippen molar-refractivity contribution < 1.29 is 5.21 Å². The summed E-state index contributed by atoms with van der Waals surface area (Å²) in [6.07, 6.45) is 1.95. The van der Waals surface area contributed by atoms with Gasteiger partial charge in [-0.3, -0.25) is 5.41 Å². The van der Waals surface area contributed by atoms with Gasteiger partial charge in [0, 0.05) is 19.2 Å². The molecule has 0 aliphatic rings. The standard InChI is InChI=1S/C7H14N4O/c1-5(11-12)3-6(10-2)4-7(8)9/h4,10,12H,3H2,1-2H3,(H3,8,9)/b6-4?,11-5-. The third-order valence-corrected chi connectivity index (χ3v) is 1.27. The van der Waals surface area contributed by atoms with E-state index in [-0.39, 0.29) is 5.84 Å². The molecule has 0 saturated heterocycles. The predicted molar refractivity (Wildman–Crippen MR) is 48.6 cm³/mol. The van der Waals surface area contributed by atoms with Gasteiger partial charge in [-0.25, -0.2) is 0 Å². The summed E-state index contributed by atoms with van der Waals surface area (Å²) in [6, 6.07) is 0. The van der Waals surface area contributed by atoms with Crippen LogP contribution in [-0.2, 0) is 0 Å². The second-order valence-corrected chi connectivity index (χ2v) is 2.39. The number of rotatable bonds is 4. The van der Waals surface area contributed by atoms with E-state index in [0.717, 1.165) is 5.70 Å². The summed E-state index contributed by atoms with van der Waals surface area (Å²) in [6.45, 7) is 1.69. The average molecular weight is 170 g/mol. The fraction of sp³-hybridized carbons (Fsp3) is 0.429. The zero-order valence-corrected chi connectivity index (χ0v) is 7.26. The lowest BCUT2D eigenvalue weighted by atomic mass is 10.2. The van der Waals surface area contributed by atoms with Gasteiger partial charge >= 0.3 is 0 Å². The van der Waals surface area contributed by atoms with Gasteiger partial charge in [0.05, 0.1) is 5.71 Å². The molecule has 68 valence electrons. The van der Waals surface area contributed by atoms with Gasteiger partial charge in [0.2, 0.25) is 0 Å². The van der Waals surface area contributed by atoms with Crippen LogP contribution < -0.4 is 11.1 Å². The molecule has 0 heterocycles. The fourth-order valence-corrected chi connectivity index (χ4v) is 0.710. The summed E-state index contributed by atoms with van der Waals surface area (Å²) < 4.78 is 0. The molecule has 0 unspecified atom stereocenters. The van der Waals surface area contributed by atoms with Crippen LogP contribution >= 0.6 is 0 Å². The van der Waals surface area contributed by atoms with Crippen LogP contribution in [0.4, 0.5) is 0 Å². The Kier molecular flexibility index (Phi) is 4.52. The Morgan fingerprint density at radius 2 is 2.33 bits per heavy atom. The lowest BCUT2D eigenvalue weighted by Gasteiger charge is -2.04. The van der Waals surface area contributed by atoms with Crippen LogP contribution in [-0.4, -0.2) is 23.8 Å². The van der Waals surface area contributed by atoms with Gasteiger partial charge in [0.15, 0.2) is 0 Å². The van der Waals surface area contributed by atoms with Crippen molar-refractivity contribution in [3.05, 3.63) is 11.8 Å². The molecular formula is C7H14N4O. The van der Waals surface area contributed by atoms with E-state index >= 15 is 0 Å². The van der Waals surface area contributed by atoms with Gasteiger partial charge in [-0.1, -0.05) is 5.16 Å². The Hall–Kier alpha value is -1.52. The lowest BCUT2D eigenvalue weighted by molar-refractivity contribution is 0.317. The summed E-state index contributed by atoms with van der Waals surface area (Å²) in [5, 5.41) is 21.2. The molecule has 0 aromatic rings. The summed E-state index contributed by atoms with van der Waals surface area (Å²) >= 11 is 0. The molecule has 5 N–H and O–H groups in total. The van der Waals surface area contributed by atoms with Crippen molar-refractivity contribution in [2.75, 3.05) is 7.05 Å². The van der Waals surface area contributed by atoms with Crippen LogP contribution in [0.15, 0.2) is 16.9 Å². The van der Waals surface area contributed by atoms with E-state index in [1.807, 2.05) is 0 Å². The third-order valence-electron chi connectivity index (χ3n) is 1.27. The van der Waals surface area contributed by atoms with Crippen LogP contribution in [0.3, 0.4) is 0 Å². The third kappa shape index (κ3) is 4.32. The van der Waals surface area contributed by atoms with E-state index in [1.54, 1.807) is 14.0 Å². The van der Waals surface area contributed by atoms with E-state index < -0.39 is 0 Å². The topological polar surface area (TPSA) is 94.5 Å². The van der Waals surface area contributed by atoms with Gasteiger partial charge in [-0.05, 0) is 13.0 Å². The van der Waals surface area contributed by atoms with E-state index in [9.17, 15) is 0 Å². The molecule has 5 nitrogen and oxygen atoms in total. The maximum Gasteiger partial charge on any atom is 0.117 e. The molecule has 5 heteroatoms. The molecule has 0 fully saturated rings. The fourth-order valence-electron chi connectivity index (χ4n) is 0.710. The minimum Gasteiger partial charge on any atom is -0.411 e. The summed E-state index contributed by atoms with van der Waals surface area (Å²) in [5.41, 5.74) is 6.47. The van der Waals surface area contributed by atoms with Crippen molar-refractivity contribution in [1.29, 1.82) is 5.41 Å². The molecule has 0 aromatic carbocycles. The summed E-state index contributed by atoms with van der Waals surface area (Å²) in [4.78, 5) is 0. The molecule has 0 aliphatic heterocycles. The van der Waals surface area contributed by atoms with Crippen LogP contribution in [0.5, 0.6) is 0 Å². The molecule has 0 radical (unpaired) electrons. The van der Waals surface area contributed by atoms with E-state index in [2.05, 4.69) is 10.5 Å². The second-order valence-electron chi connectivity index (χ2n) is 2.39.